The van der Waals surface area contributed by atoms with E-state index in [1.165, 1.54) is 32.5 Å². The average Bonchev–Trinajstić information content (AvgIpc) is 3.04. The van der Waals surface area contributed by atoms with Gasteiger partial charge in [-0.1, -0.05) is 11.6 Å². The van der Waals surface area contributed by atoms with Crippen molar-refractivity contribution in [2.45, 2.75) is 4.90 Å². The topological polar surface area (TPSA) is 96.4 Å². The number of nitrogens with two attached hydrogens (primary N) is 1. The number of hydrogen-bond acceptors (Lipinski definition) is 6. The summed E-state index contributed by atoms with van der Waals surface area (Å²) in [5.74, 6) is 1.15. The van der Waals surface area contributed by atoms with E-state index in [2.05, 4.69) is 5.10 Å². The summed E-state index contributed by atoms with van der Waals surface area (Å²) in [5, 5.41) is 4.35. The number of aromatic nitrogens is 2. The lowest BCUT2D eigenvalue weighted by atomic mass is 10.1. The number of nitrogen functional groups attached to an aromatic ring is 1. The van der Waals surface area contributed by atoms with Crippen LogP contribution in [0.25, 0.3) is 11.1 Å². The van der Waals surface area contributed by atoms with Gasteiger partial charge in [0.15, 0.2) is 5.82 Å². The Hall–Kier alpha value is -2.71. The standard InChI is InChI=1S/C17H16ClN3O4S/c1-24-11-3-6-13(7-4-11)26(22,23)21-10-15(17(19)20-21)14-9-12(25-2)5-8-16(14)18/h3-10H,1-2H3,(H2,19,20). The van der Waals surface area contributed by atoms with E-state index in [0.29, 0.717) is 27.6 Å². The molecule has 0 bridgehead atoms. The highest BCUT2D eigenvalue weighted by Gasteiger charge is 2.22. The molecule has 3 aromatic rings. The van der Waals surface area contributed by atoms with Crippen LogP contribution in [-0.4, -0.2) is 31.8 Å². The van der Waals surface area contributed by atoms with Crippen LogP contribution in [0.3, 0.4) is 0 Å². The van der Waals surface area contributed by atoms with E-state index in [9.17, 15) is 8.42 Å². The van der Waals surface area contributed by atoms with Crippen LogP contribution in [0.4, 0.5) is 5.82 Å². The fourth-order valence-corrected chi connectivity index (χ4v) is 3.74. The summed E-state index contributed by atoms with van der Waals surface area (Å²) in [5.41, 5.74) is 6.86. The molecule has 2 N–H and O–H groups in total. The van der Waals surface area contributed by atoms with Crippen LogP contribution in [0, 0.1) is 0 Å². The van der Waals surface area contributed by atoms with Crippen LogP contribution < -0.4 is 15.2 Å². The molecule has 0 atom stereocenters. The molecule has 0 fully saturated rings. The van der Waals surface area contributed by atoms with E-state index in [1.807, 2.05) is 0 Å². The van der Waals surface area contributed by atoms with Gasteiger partial charge in [-0.05, 0) is 42.5 Å². The number of methoxy groups -OCH3 is 2. The second-order valence-electron chi connectivity index (χ2n) is 5.33. The molecule has 0 radical (unpaired) electrons. The van der Waals surface area contributed by atoms with E-state index in [-0.39, 0.29) is 10.7 Å². The zero-order valence-electron chi connectivity index (χ0n) is 14.0. The summed E-state index contributed by atoms with van der Waals surface area (Å²) in [6.07, 6.45) is 1.33. The van der Waals surface area contributed by atoms with E-state index in [1.54, 1.807) is 30.3 Å². The molecule has 0 aliphatic carbocycles. The number of anilines is 1. The van der Waals surface area contributed by atoms with Gasteiger partial charge in [0.25, 0.3) is 10.0 Å². The Balaban J connectivity index is 2.07. The van der Waals surface area contributed by atoms with Crippen molar-refractivity contribution >= 4 is 27.4 Å². The molecule has 2 aromatic carbocycles. The minimum atomic E-state index is -3.91. The fourth-order valence-electron chi connectivity index (χ4n) is 2.39. The first kappa shape index (κ1) is 18.1. The molecule has 0 unspecified atom stereocenters. The molecule has 0 aliphatic heterocycles. The maximum Gasteiger partial charge on any atom is 0.283 e. The highest BCUT2D eigenvalue weighted by molar-refractivity contribution is 7.89. The van der Waals surface area contributed by atoms with Crippen molar-refractivity contribution in [2.24, 2.45) is 0 Å². The molecule has 0 amide bonds. The smallest absolute Gasteiger partial charge is 0.283 e. The minimum absolute atomic E-state index is 0.0391. The maximum absolute atomic E-state index is 12.8. The summed E-state index contributed by atoms with van der Waals surface area (Å²) in [6, 6.07) is 11.0. The molecule has 7 nitrogen and oxygen atoms in total. The lowest BCUT2D eigenvalue weighted by Crippen LogP contribution is -2.13. The Morgan fingerprint density at radius 2 is 1.62 bits per heavy atom. The first-order valence-corrected chi connectivity index (χ1v) is 9.27. The van der Waals surface area contributed by atoms with Crippen molar-refractivity contribution in [3.63, 3.8) is 0 Å². The van der Waals surface area contributed by atoms with Gasteiger partial charge in [0, 0.05) is 16.1 Å². The van der Waals surface area contributed by atoms with Crippen LogP contribution in [0.15, 0.2) is 53.6 Å². The van der Waals surface area contributed by atoms with Gasteiger partial charge in [-0.3, -0.25) is 0 Å². The molecule has 3 rings (SSSR count). The third-order valence-electron chi connectivity index (χ3n) is 3.79. The van der Waals surface area contributed by atoms with Crippen molar-refractivity contribution < 1.29 is 17.9 Å². The van der Waals surface area contributed by atoms with Crippen LogP contribution in [0.2, 0.25) is 5.02 Å². The monoisotopic (exact) mass is 393 g/mol. The van der Waals surface area contributed by atoms with Crippen molar-refractivity contribution in [1.29, 1.82) is 0 Å². The number of benzene rings is 2. The average molecular weight is 394 g/mol. The molecule has 0 saturated carbocycles. The zero-order chi connectivity index (χ0) is 18.9. The summed E-state index contributed by atoms with van der Waals surface area (Å²) in [7, 11) is -0.883. The third-order valence-corrected chi connectivity index (χ3v) is 5.67. The minimum Gasteiger partial charge on any atom is -0.497 e. The molecule has 26 heavy (non-hydrogen) atoms. The van der Waals surface area contributed by atoms with Gasteiger partial charge in [-0.25, -0.2) is 0 Å². The van der Waals surface area contributed by atoms with Gasteiger partial charge in [-0.2, -0.15) is 12.5 Å². The summed E-state index contributed by atoms with van der Waals surface area (Å²) in [6.45, 7) is 0. The number of rotatable bonds is 5. The predicted molar refractivity (Wildman–Crippen MR) is 99.2 cm³/mol. The summed E-state index contributed by atoms with van der Waals surface area (Å²) in [4.78, 5) is 0.0593. The largest absolute Gasteiger partial charge is 0.497 e. The first-order valence-electron chi connectivity index (χ1n) is 7.45. The normalized spacial score (nSPS) is 11.3. The number of ether oxygens (including phenoxy) is 2. The number of nitrogens with zero attached hydrogens (tertiary/aromatic N) is 2. The Morgan fingerprint density at radius 3 is 2.23 bits per heavy atom. The molecule has 0 saturated heterocycles. The van der Waals surface area contributed by atoms with E-state index in [0.717, 1.165) is 4.09 Å². The molecular weight excluding hydrogens is 378 g/mol. The Morgan fingerprint density at radius 1 is 1.00 bits per heavy atom. The van der Waals surface area contributed by atoms with Crippen molar-refractivity contribution in [3.05, 3.63) is 53.7 Å². The molecule has 136 valence electrons. The molecule has 0 aliphatic rings. The first-order chi connectivity index (χ1) is 12.4. The zero-order valence-corrected chi connectivity index (χ0v) is 15.6. The number of hydrogen-bond donors (Lipinski definition) is 1. The highest BCUT2D eigenvalue weighted by Crippen LogP contribution is 2.35. The summed E-state index contributed by atoms with van der Waals surface area (Å²) >= 11 is 6.22. The Labute approximate surface area is 156 Å². The lowest BCUT2D eigenvalue weighted by molar-refractivity contribution is 0.414. The van der Waals surface area contributed by atoms with E-state index in [4.69, 9.17) is 26.8 Å². The van der Waals surface area contributed by atoms with E-state index < -0.39 is 10.0 Å². The van der Waals surface area contributed by atoms with Crippen molar-refractivity contribution in [3.8, 4) is 22.6 Å². The fraction of sp³-hybridized carbons (Fsp3) is 0.118. The highest BCUT2D eigenvalue weighted by atomic mass is 35.5. The molecular formula is C17H16ClN3O4S. The van der Waals surface area contributed by atoms with Crippen LogP contribution in [0.5, 0.6) is 11.5 Å². The summed E-state index contributed by atoms with van der Waals surface area (Å²) < 4.78 is 36.6. The second kappa shape index (κ2) is 6.89. The van der Waals surface area contributed by atoms with Gasteiger partial charge in [-0.15, -0.1) is 5.10 Å². The predicted octanol–water partition coefficient (Wildman–Crippen LogP) is 3.04. The quantitative estimate of drug-likeness (QED) is 0.715. The third kappa shape index (κ3) is 3.21. The Kier molecular flexibility index (Phi) is 4.80. The molecule has 1 aromatic heterocycles. The van der Waals surface area contributed by atoms with Crippen LogP contribution in [0.1, 0.15) is 0 Å². The van der Waals surface area contributed by atoms with Gasteiger partial charge >= 0.3 is 0 Å². The Bertz CT molecular complexity index is 1050. The van der Waals surface area contributed by atoms with Gasteiger partial charge in [0.1, 0.15) is 11.5 Å². The van der Waals surface area contributed by atoms with Crippen LogP contribution >= 0.6 is 11.6 Å². The second-order valence-corrected chi connectivity index (χ2v) is 7.53. The maximum atomic E-state index is 12.8. The lowest BCUT2D eigenvalue weighted by Gasteiger charge is -2.06. The van der Waals surface area contributed by atoms with Crippen molar-refractivity contribution in [2.75, 3.05) is 20.0 Å². The van der Waals surface area contributed by atoms with Gasteiger partial charge in [0.05, 0.1) is 25.3 Å². The van der Waals surface area contributed by atoms with Gasteiger partial charge in [0.2, 0.25) is 0 Å². The van der Waals surface area contributed by atoms with E-state index >= 15 is 0 Å². The van der Waals surface area contributed by atoms with Crippen molar-refractivity contribution in [1.82, 2.24) is 9.19 Å². The van der Waals surface area contributed by atoms with Crippen LogP contribution in [-0.2, 0) is 10.0 Å². The molecule has 9 heteroatoms. The molecule has 0 spiro atoms. The SMILES string of the molecule is COc1ccc(S(=O)(=O)n2cc(-c3cc(OC)ccc3Cl)c(N)n2)cc1. The molecule has 1 heterocycles. The number of halogens is 1. The van der Waals surface area contributed by atoms with Gasteiger partial charge < -0.3 is 15.2 Å².